The number of hydrogen-bond acceptors (Lipinski definition) is 3. The third-order valence-electron chi connectivity index (χ3n) is 2.78. The molecule has 4 nitrogen and oxygen atoms in total. The van der Waals surface area contributed by atoms with E-state index in [0.717, 1.165) is 16.4 Å². The van der Waals surface area contributed by atoms with E-state index in [9.17, 15) is 0 Å². The molecule has 2 aromatic rings. The predicted molar refractivity (Wildman–Crippen MR) is 97.1 cm³/mol. The van der Waals surface area contributed by atoms with Crippen molar-refractivity contribution in [3.63, 3.8) is 0 Å². The molecule has 1 aromatic heterocycles. The molecule has 0 amide bonds. The van der Waals surface area contributed by atoms with E-state index >= 15 is 0 Å². The average molecular weight is 402 g/mol. The van der Waals surface area contributed by atoms with E-state index < -0.39 is 0 Å². The number of halogens is 1. The minimum atomic E-state index is 0. The predicted octanol–water partition coefficient (Wildman–Crippen LogP) is 3.61. The Morgan fingerprint density at radius 1 is 1.25 bits per heavy atom. The smallest absolute Gasteiger partial charge is 0.193 e. The molecule has 1 heterocycles. The van der Waals surface area contributed by atoms with E-state index in [4.69, 9.17) is 5.73 Å². The van der Waals surface area contributed by atoms with Gasteiger partial charge in [-0.05, 0) is 32.9 Å². The normalized spacial score (nSPS) is 11.1. The summed E-state index contributed by atoms with van der Waals surface area (Å²) in [5, 5.41) is 4.05. The van der Waals surface area contributed by atoms with Crippen LogP contribution in [0, 0.1) is 20.8 Å². The quantitative estimate of drug-likeness (QED) is 0.469. The van der Waals surface area contributed by atoms with Gasteiger partial charge in [-0.15, -0.1) is 35.3 Å². The van der Waals surface area contributed by atoms with Crippen LogP contribution in [0.4, 0.5) is 5.69 Å². The number of nitrogens with zero attached hydrogens (tertiary/aromatic N) is 2. The van der Waals surface area contributed by atoms with Gasteiger partial charge in [0, 0.05) is 10.6 Å². The number of thiazole rings is 1. The summed E-state index contributed by atoms with van der Waals surface area (Å²) >= 11 is 1.66. The number of guanidine groups is 1. The van der Waals surface area contributed by atoms with E-state index in [1.165, 1.54) is 10.4 Å². The molecule has 0 atom stereocenters. The molecule has 2 rings (SSSR count). The van der Waals surface area contributed by atoms with Crippen LogP contribution in [0.5, 0.6) is 0 Å². The molecule has 0 saturated heterocycles. The highest BCUT2D eigenvalue weighted by molar-refractivity contribution is 14.0. The van der Waals surface area contributed by atoms with Crippen LogP contribution in [-0.4, -0.2) is 10.9 Å². The van der Waals surface area contributed by atoms with Crippen LogP contribution in [0.3, 0.4) is 0 Å². The second kappa shape index (κ2) is 7.58. The molecule has 20 heavy (non-hydrogen) atoms. The van der Waals surface area contributed by atoms with Crippen LogP contribution in [-0.2, 0) is 6.54 Å². The first kappa shape index (κ1) is 16.9. The Balaban J connectivity index is 0.00000200. The largest absolute Gasteiger partial charge is 0.370 e. The Kier molecular flexibility index (Phi) is 6.41. The van der Waals surface area contributed by atoms with Gasteiger partial charge in [-0.25, -0.2) is 9.98 Å². The highest BCUT2D eigenvalue weighted by Gasteiger charge is 2.02. The highest BCUT2D eigenvalue weighted by Crippen LogP contribution is 2.17. The van der Waals surface area contributed by atoms with E-state index in [0.29, 0.717) is 12.5 Å². The number of hydrogen-bond donors (Lipinski definition) is 2. The Morgan fingerprint density at radius 3 is 2.45 bits per heavy atom. The van der Waals surface area contributed by atoms with E-state index in [1.54, 1.807) is 11.3 Å². The summed E-state index contributed by atoms with van der Waals surface area (Å²) in [4.78, 5) is 9.96. The maximum atomic E-state index is 5.85. The summed E-state index contributed by atoms with van der Waals surface area (Å²) < 4.78 is 0. The fourth-order valence-electron chi connectivity index (χ4n) is 1.58. The third-order valence-corrected chi connectivity index (χ3v) is 3.84. The summed E-state index contributed by atoms with van der Waals surface area (Å²) in [5.74, 6) is 0.411. The summed E-state index contributed by atoms with van der Waals surface area (Å²) in [5.41, 5.74) is 9.08. The summed E-state index contributed by atoms with van der Waals surface area (Å²) in [7, 11) is 0. The molecule has 3 N–H and O–H groups in total. The zero-order valence-electron chi connectivity index (χ0n) is 11.8. The van der Waals surface area contributed by atoms with Gasteiger partial charge in [0.2, 0.25) is 0 Å². The van der Waals surface area contributed by atoms with Crippen molar-refractivity contribution in [2.45, 2.75) is 27.3 Å². The van der Waals surface area contributed by atoms with Crippen molar-refractivity contribution in [1.82, 2.24) is 4.98 Å². The molecule has 0 unspecified atom stereocenters. The van der Waals surface area contributed by atoms with Gasteiger partial charge in [-0.2, -0.15) is 0 Å². The minimum absolute atomic E-state index is 0. The fraction of sp³-hybridized carbons (Fsp3) is 0.286. The standard InChI is InChI=1S/C14H18N4S.HI/c1-9-4-6-12(7-5-9)18-14(15)16-8-13-17-10(2)11(3)19-13;/h4-7H,8H2,1-3H3,(H3,15,16,18);1H. The SMILES string of the molecule is Cc1ccc(NC(N)=NCc2nc(C)c(C)s2)cc1.I. The van der Waals surface area contributed by atoms with E-state index in [1.807, 2.05) is 38.1 Å². The molecule has 0 aliphatic carbocycles. The first-order chi connectivity index (χ1) is 9.04. The molecule has 0 bridgehead atoms. The van der Waals surface area contributed by atoms with Gasteiger partial charge >= 0.3 is 0 Å². The first-order valence-electron chi connectivity index (χ1n) is 6.11. The van der Waals surface area contributed by atoms with Gasteiger partial charge < -0.3 is 11.1 Å². The molecule has 108 valence electrons. The van der Waals surface area contributed by atoms with Gasteiger partial charge in [-0.1, -0.05) is 17.7 Å². The number of aliphatic imine (C=N–C) groups is 1. The van der Waals surface area contributed by atoms with Crippen LogP contribution < -0.4 is 11.1 Å². The molecular formula is C14H19IN4S. The van der Waals surface area contributed by atoms with Crippen LogP contribution in [0.2, 0.25) is 0 Å². The van der Waals surface area contributed by atoms with Crippen molar-refractivity contribution in [2.24, 2.45) is 10.7 Å². The molecule has 0 aliphatic heterocycles. The summed E-state index contributed by atoms with van der Waals surface area (Å²) in [6, 6.07) is 8.02. The highest BCUT2D eigenvalue weighted by atomic mass is 127. The Bertz CT molecular complexity index is 570. The molecule has 6 heteroatoms. The van der Waals surface area contributed by atoms with E-state index in [-0.39, 0.29) is 24.0 Å². The molecule has 1 aromatic carbocycles. The van der Waals surface area contributed by atoms with Crippen LogP contribution in [0.1, 0.15) is 21.1 Å². The van der Waals surface area contributed by atoms with Crippen molar-refractivity contribution in [3.05, 3.63) is 45.4 Å². The molecular weight excluding hydrogens is 383 g/mol. The van der Waals surface area contributed by atoms with Gasteiger partial charge in [0.25, 0.3) is 0 Å². The molecule has 0 saturated carbocycles. The Hall–Kier alpha value is -1.15. The third kappa shape index (κ3) is 4.75. The monoisotopic (exact) mass is 402 g/mol. The lowest BCUT2D eigenvalue weighted by Gasteiger charge is -2.05. The fourth-order valence-corrected chi connectivity index (χ4v) is 2.44. The number of benzene rings is 1. The van der Waals surface area contributed by atoms with Crippen molar-refractivity contribution < 1.29 is 0 Å². The van der Waals surface area contributed by atoms with Gasteiger partial charge in [0.1, 0.15) is 5.01 Å². The van der Waals surface area contributed by atoms with E-state index in [2.05, 4.69) is 22.2 Å². The lowest BCUT2D eigenvalue weighted by atomic mass is 10.2. The topological polar surface area (TPSA) is 63.3 Å². The maximum absolute atomic E-state index is 5.85. The number of nitrogens with one attached hydrogen (secondary N) is 1. The second-order valence-corrected chi connectivity index (χ2v) is 5.73. The number of anilines is 1. The lowest BCUT2D eigenvalue weighted by molar-refractivity contribution is 1.01. The average Bonchev–Trinajstić information content (AvgIpc) is 2.69. The van der Waals surface area contributed by atoms with Gasteiger partial charge in [0.15, 0.2) is 5.96 Å². The van der Waals surface area contributed by atoms with Crippen LogP contribution >= 0.6 is 35.3 Å². The molecule has 0 fully saturated rings. The van der Waals surface area contributed by atoms with Gasteiger partial charge in [-0.3, -0.25) is 0 Å². The number of aryl methyl sites for hydroxylation is 3. The number of nitrogens with two attached hydrogens (primary N) is 1. The summed E-state index contributed by atoms with van der Waals surface area (Å²) in [6.07, 6.45) is 0. The maximum Gasteiger partial charge on any atom is 0.193 e. The zero-order valence-corrected chi connectivity index (χ0v) is 15.0. The lowest BCUT2D eigenvalue weighted by Crippen LogP contribution is -2.22. The van der Waals surface area contributed by atoms with Crippen LogP contribution in [0.15, 0.2) is 29.3 Å². The van der Waals surface area contributed by atoms with Gasteiger partial charge in [0.05, 0.1) is 12.2 Å². The number of rotatable bonds is 3. The Morgan fingerprint density at radius 2 is 1.90 bits per heavy atom. The van der Waals surface area contributed by atoms with Crippen molar-refractivity contribution in [3.8, 4) is 0 Å². The first-order valence-corrected chi connectivity index (χ1v) is 6.93. The molecule has 0 spiro atoms. The molecule has 0 aliphatic rings. The van der Waals surface area contributed by atoms with Crippen molar-refractivity contribution in [2.75, 3.05) is 5.32 Å². The van der Waals surface area contributed by atoms with Crippen molar-refractivity contribution >= 4 is 47.0 Å². The molecule has 0 radical (unpaired) electrons. The number of aromatic nitrogens is 1. The second-order valence-electron chi connectivity index (χ2n) is 4.44. The zero-order chi connectivity index (χ0) is 13.8. The minimum Gasteiger partial charge on any atom is -0.370 e. The van der Waals surface area contributed by atoms with Crippen LogP contribution in [0.25, 0.3) is 0 Å². The Labute approximate surface area is 140 Å². The van der Waals surface area contributed by atoms with Crippen molar-refractivity contribution in [1.29, 1.82) is 0 Å². The summed E-state index contributed by atoms with van der Waals surface area (Å²) in [6.45, 7) is 6.64.